The Kier molecular flexibility index (Phi) is 6.16. The maximum atomic E-state index is 12.6. The van der Waals surface area contributed by atoms with Gasteiger partial charge < -0.3 is 15.3 Å². The quantitative estimate of drug-likeness (QED) is 0.466. The third-order valence-electron chi connectivity index (χ3n) is 4.81. The lowest BCUT2D eigenvalue weighted by Gasteiger charge is -2.21. The molecular weight excluding hydrogens is 362 g/mol. The summed E-state index contributed by atoms with van der Waals surface area (Å²) in [6, 6.07) is 20.6. The van der Waals surface area contributed by atoms with E-state index >= 15 is 0 Å². The van der Waals surface area contributed by atoms with E-state index in [1.807, 2.05) is 62.4 Å². The molecule has 0 fully saturated rings. The van der Waals surface area contributed by atoms with Gasteiger partial charge in [0, 0.05) is 36.1 Å². The van der Waals surface area contributed by atoms with Gasteiger partial charge in [0.25, 0.3) is 5.91 Å². The highest BCUT2D eigenvalue weighted by atomic mass is 16.3. The molecule has 0 aliphatic heterocycles. The molecule has 0 saturated heterocycles. The van der Waals surface area contributed by atoms with Crippen LogP contribution < -0.4 is 10.2 Å². The summed E-state index contributed by atoms with van der Waals surface area (Å²) < 4.78 is 0. The summed E-state index contributed by atoms with van der Waals surface area (Å²) in [5, 5.41) is 24.6. The number of phenolic OH excluding ortho intramolecular Hbond substituents is 1. The number of carbonyl (C=O) groups excluding carboxylic acids is 1. The Morgan fingerprint density at radius 2 is 1.79 bits per heavy atom. The second-order valence-electron chi connectivity index (χ2n) is 6.60. The molecule has 0 heterocycles. The minimum atomic E-state index is -0.519. The van der Waals surface area contributed by atoms with Crippen molar-refractivity contribution in [1.82, 2.24) is 0 Å². The van der Waals surface area contributed by atoms with Crippen molar-refractivity contribution in [3.8, 4) is 11.8 Å². The van der Waals surface area contributed by atoms with Crippen molar-refractivity contribution in [2.24, 2.45) is 0 Å². The molecule has 0 bridgehead atoms. The van der Waals surface area contributed by atoms with Gasteiger partial charge in [-0.15, -0.1) is 0 Å². The van der Waals surface area contributed by atoms with E-state index in [2.05, 4.69) is 10.2 Å². The van der Waals surface area contributed by atoms with Crippen LogP contribution in [0.3, 0.4) is 0 Å². The first kappa shape index (κ1) is 20.0. The summed E-state index contributed by atoms with van der Waals surface area (Å²) in [6.45, 7) is 5.73. The van der Waals surface area contributed by atoms with Crippen molar-refractivity contribution in [2.75, 3.05) is 23.3 Å². The van der Waals surface area contributed by atoms with Crippen LogP contribution in [0.1, 0.15) is 19.4 Å². The molecule has 3 rings (SSSR count). The van der Waals surface area contributed by atoms with E-state index < -0.39 is 5.91 Å². The number of nitrogens with zero attached hydrogens (tertiary/aromatic N) is 2. The average Bonchev–Trinajstić information content (AvgIpc) is 2.74. The molecule has 0 radical (unpaired) electrons. The van der Waals surface area contributed by atoms with E-state index in [0.717, 1.165) is 29.5 Å². The summed E-state index contributed by atoms with van der Waals surface area (Å²) in [4.78, 5) is 14.7. The number of fused-ring (bicyclic) bond motifs is 1. The second-order valence-corrected chi connectivity index (χ2v) is 6.60. The number of hydrogen-bond donors (Lipinski definition) is 2. The highest BCUT2D eigenvalue weighted by Gasteiger charge is 2.12. The zero-order valence-corrected chi connectivity index (χ0v) is 16.5. The fraction of sp³-hybridized carbons (Fsp3) is 0.167. The molecule has 3 aromatic carbocycles. The van der Waals surface area contributed by atoms with E-state index in [-0.39, 0.29) is 11.3 Å². The van der Waals surface area contributed by atoms with Gasteiger partial charge in [0.15, 0.2) is 0 Å². The van der Waals surface area contributed by atoms with Crippen molar-refractivity contribution < 1.29 is 9.90 Å². The van der Waals surface area contributed by atoms with Crippen molar-refractivity contribution >= 4 is 34.1 Å². The van der Waals surface area contributed by atoms with Gasteiger partial charge in [0.05, 0.1) is 0 Å². The maximum absolute atomic E-state index is 12.6. The molecule has 29 heavy (non-hydrogen) atoms. The Morgan fingerprint density at radius 3 is 2.45 bits per heavy atom. The molecule has 0 aliphatic carbocycles. The monoisotopic (exact) mass is 385 g/mol. The summed E-state index contributed by atoms with van der Waals surface area (Å²) in [6.07, 6.45) is 1.40. The fourth-order valence-electron chi connectivity index (χ4n) is 3.21. The molecule has 0 saturated carbocycles. The van der Waals surface area contributed by atoms with Crippen LogP contribution >= 0.6 is 0 Å². The molecule has 5 heteroatoms. The Hall–Kier alpha value is -3.78. The van der Waals surface area contributed by atoms with E-state index in [0.29, 0.717) is 11.3 Å². The van der Waals surface area contributed by atoms with E-state index in [9.17, 15) is 15.2 Å². The van der Waals surface area contributed by atoms with Crippen LogP contribution in [0.2, 0.25) is 0 Å². The van der Waals surface area contributed by atoms with Crippen molar-refractivity contribution in [2.45, 2.75) is 13.8 Å². The SMILES string of the molecule is CCN(CC)c1ccc(/C=C(\C#N)C(=O)Nc2ccc3ccccc3c2)c(O)c1. The first-order valence-corrected chi connectivity index (χ1v) is 9.55. The van der Waals surface area contributed by atoms with Gasteiger partial charge in [-0.2, -0.15) is 5.26 Å². The number of aromatic hydroxyl groups is 1. The topological polar surface area (TPSA) is 76.4 Å². The lowest BCUT2D eigenvalue weighted by molar-refractivity contribution is -0.112. The fourth-order valence-corrected chi connectivity index (χ4v) is 3.21. The number of nitriles is 1. The zero-order chi connectivity index (χ0) is 20.8. The molecule has 0 spiro atoms. The van der Waals surface area contributed by atoms with Gasteiger partial charge in [-0.1, -0.05) is 30.3 Å². The van der Waals surface area contributed by atoms with Gasteiger partial charge in [-0.25, -0.2) is 0 Å². The lowest BCUT2D eigenvalue weighted by Crippen LogP contribution is -2.21. The lowest BCUT2D eigenvalue weighted by atomic mass is 10.1. The van der Waals surface area contributed by atoms with Crippen LogP contribution in [0.5, 0.6) is 5.75 Å². The van der Waals surface area contributed by atoms with Gasteiger partial charge in [0.2, 0.25) is 0 Å². The normalized spacial score (nSPS) is 11.1. The number of phenols is 1. The van der Waals surface area contributed by atoms with Crippen LogP contribution in [0.15, 0.2) is 66.2 Å². The molecule has 2 N–H and O–H groups in total. The number of anilines is 2. The van der Waals surface area contributed by atoms with Crippen LogP contribution in [0, 0.1) is 11.3 Å². The van der Waals surface area contributed by atoms with Gasteiger partial charge in [-0.3, -0.25) is 4.79 Å². The first-order valence-electron chi connectivity index (χ1n) is 9.55. The summed E-state index contributed by atoms with van der Waals surface area (Å²) in [5.74, 6) is -0.490. The second kappa shape index (κ2) is 8.94. The number of amides is 1. The largest absolute Gasteiger partial charge is 0.507 e. The average molecular weight is 385 g/mol. The summed E-state index contributed by atoms with van der Waals surface area (Å²) in [7, 11) is 0. The predicted octanol–water partition coefficient (Wildman–Crippen LogP) is 4.94. The van der Waals surface area contributed by atoms with Crippen LogP contribution in [0.25, 0.3) is 16.8 Å². The van der Waals surface area contributed by atoms with Crippen LogP contribution in [0.4, 0.5) is 11.4 Å². The molecule has 146 valence electrons. The van der Waals surface area contributed by atoms with Gasteiger partial charge >= 0.3 is 0 Å². The number of hydrogen-bond acceptors (Lipinski definition) is 4. The summed E-state index contributed by atoms with van der Waals surface area (Å²) in [5.41, 5.74) is 1.84. The molecule has 0 atom stereocenters. The van der Waals surface area contributed by atoms with Crippen molar-refractivity contribution in [3.63, 3.8) is 0 Å². The third-order valence-corrected chi connectivity index (χ3v) is 4.81. The highest BCUT2D eigenvalue weighted by Crippen LogP contribution is 2.27. The third kappa shape index (κ3) is 4.56. The molecule has 3 aromatic rings. The Balaban J connectivity index is 1.83. The number of rotatable bonds is 6. The standard InChI is InChI=1S/C24H23N3O2/c1-3-27(4-2)22-12-10-19(23(28)15-22)13-20(16-25)24(29)26-21-11-9-17-7-5-6-8-18(17)14-21/h5-15,28H,3-4H2,1-2H3,(H,26,29)/b20-13+. The van der Waals surface area contributed by atoms with E-state index in [1.165, 1.54) is 6.08 Å². The molecule has 0 unspecified atom stereocenters. The zero-order valence-electron chi connectivity index (χ0n) is 16.5. The Morgan fingerprint density at radius 1 is 1.07 bits per heavy atom. The number of carbonyl (C=O) groups is 1. The van der Waals surface area contributed by atoms with Gasteiger partial charge in [-0.05, 0) is 55.0 Å². The molecule has 0 aromatic heterocycles. The van der Waals surface area contributed by atoms with Crippen LogP contribution in [-0.4, -0.2) is 24.1 Å². The Labute approximate surface area is 170 Å². The van der Waals surface area contributed by atoms with E-state index in [1.54, 1.807) is 18.2 Å². The van der Waals surface area contributed by atoms with Crippen molar-refractivity contribution in [3.05, 3.63) is 71.8 Å². The number of benzene rings is 3. The number of nitrogens with one attached hydrogen (secondary N) is 1. The van der Waals surface area contributed by atoms with Crippen LogP contribution in [-0.2, 0) is 4.79 Å². The van der Waals surface area contributed by atoms with Gasteiger partial charge in [0.1, 0.15) is 17.4 Å². The predicted molar refractivity (Wildman–Crippen MR) is 118 cm³/mol. The molecule has 0 aliphatic rings. The van der Waals surface area contributed by atoms with E-state index in [4.69, 9.17) is 0 Å². The highest BCUT2D eigenvalue weighted by molar-refractivity contribution is 6.10. The minimum absolute atomic E-state index is 0.0284. The maximum Gasteiger partial charge on any atom is 0.266 e. The Bertz CT molecular complexity index is 1110. The molecule has 1 amide bonds. The minimum Gasteiger partial charge on any atom is -0.507 e. The first-order chi connectivity index (χ1) is 14.0. The smallest absolute Gasteiger partial charge is 0.266 e. The summed E-state index contributed by atoms with van der Waals surface area (Å²) >= 11 is 0. The molecular formula is C24H23N3O2. The molecule has 5 nitrogen and oxygen atoms in total. The van der Waals surface area contributed by atoms with Crippen molar-refractivity contribution in [1.29, 1.82) is 5.26 Å².